The van der Waals surface area contributed by atoms with Gasteiger partial charge in [0, 0.05) is 0 Å². The van der Waals surface area contributed by atoms with Crippen molar-refractivity contribution in [3.05, 3.63) is 17.8 Å². The van der Waals surface area contributed by atoms with E-state index >= 15 is 0 Å². The van der Waals surface area contributed by atoms with E-state index in [1.54, 1.807) is 6.92 Å². The summed E-state index contributed by atoms with van der Waals surface area (Å²) in [4.78, 5) is 21.9. The molecule has 0 aliphatic rings. The molecule has 1 aromatic heterocycles. The third-order valence-electron chi connectivity index (χ3n) is 1.56. The molecule has 0 aliphatic carbocycles. The van der Waals surface area contributed by atoms with Crippen molar-refractivity contribution in [3.63, 3.8) is 0 Å². The minimum atomic E-state index is -1.16. The lowest BCUT2D eigenvalue weighted by Gasteiger charge is -2.06. The molecule has 15 heavy (non-hydrogen) atoms. The summed E-state index contributed by atoms with van der Waals surface area (Å²) in [6.45, 7) is 1.16. The van der Waals surface area contributed by atoms with E-state index in [-0.39, 0.29) is 11.5 Å². The first-order valence-corrected chi connectivity index (χ1v) is 4.24. The predicted molar refractivity (Wildman–Crippen MR) is 48.6 cm³/mol. The lowest BCUT2D eigenvalue weighted by molar-refractivity contribution is -0.141. The van der Waals surface area contributed by atoms with Crippen LogP contribution in [-0.4, -0.2) is 27.7 Å². The first kappa shape index (κ1) is 11.3. The number of aliphatic carboxylic acids is 1. The van der Waals surface area contributed by atoms with Crippen LogP contribution in [0.5, 0.6) is 0 Å². The molecule has 1 rings (SSSR count). The fourth-order valence-electron chi connectivity index (χ4n) is 0.890. The highest BCUT2D eigenvalue weighted by Gasteiger charge is 2.09. The SMILES string of the molecule is CCc1ncnc(NOCC(=O)O)c1F. The number of hydrogen-bond donors (Lipinski definition) is 2. The van der Waals surface area contributed by atoms with Crippen LogP contribution in [0, 0.1) is 5.82 Å². The lowest BCUT2D eigenvalue weighted by atomic mass is 10.3. The molecule has 0 aromatic carbocycles. The van der Waals surface area contributed by atoms with Crippen LogP contribution < -0.4 is 5.48 Å². The van der Waals surface area contributed by atoms with Crippen molar-refractivity contribution in [2.45, 2.75) is 13.3 Å². The van der Waals surface area contributed by atoms with E-state index in [4.69, 9.17) is 5.11 Å². The van der Waals surface area contributed by atoms with Gasteiger partial charge >= 0.3 is 5.97 Å². The standard InChI is InChI=1S/C8H10FN3O3/c1-2-5-7(9)8(11-4-10-5)12-15-3-6(13)14/h4H,2-3H2,1H3,(H,13,14)(H,10,11,12). The van der Waals surface area contributed by atoms with Crippen molar-refractivity contribution in [1.82, 2.24) is 9.97 Å². The van der Waals surface area contributed by atoms with Gasteiger partial charge in [-0.1, -0.05) is 6.92 Å². The van der Waals surface area contributed by atoms with Crippen LogP contribution in [0.25, 0.3) is 0 Å². The molecule has 0 saturated heterocycles. The second kappa shape index (κ2) is 5.20. The number of aryl methyl sites for hydroxylation is 1. The third kappa shape index (κ3) is 3.13. The zero-order valence-electron chi connectivity index (χ0n) is 8.03. The van der Waals surface area contributed by atoms with Gasteiger partial charge in [-0.2, -0.15) is 0 Å². The van der Waals surface area contributed by atoms with Crippen LogP contribution in [0.2, 0.25) is 0 Å². The van der Waals surface area contributed by atoms with Crippen molar-refractivity contribution in [1.29, 1.82) is 0 Å². The van der Waals surface area contributed by atoms with E-state index in [0.29, 0.717) is 6.42 Å². The maximum absolute atomic E-state index is 13.4. The average molecular weight is 215 g/mol. The van der Waals surface area contributed by atoms with Crippen LogP contribution in [0.4, 0.5) is 10.2 Å². The molecular formula is C8H10FN3O3. The number of aromatic nitrogens is 2. The molecule has 0 atom stereocenters. The zero-order valence-corrected chi connectivity index (χ0v) is 8.03. The van der Waals surface area contributed by atoms with Crippen LogP contribution in [0.1, 0.15) is 12.6 Å². The first-order chi connectivity index (χ1) is 7.15. The van der Waals surface area contributed by atoms with Crippen molar-refractivity contribution in [3.8, 4) is 0 Å². The van der Waals surface area contributed by atoms with Crippen LogP contribution >= 0.6 is 0 Å². The van der Waals surface area contributed by atoms with Gasteiger partial charge in [-0.25, -0.2) is 24.6 Å². The molecule has 1 aromatic rings. The monoisotopic (exact) mass is 215 g/mol. The van der Waals surface area contributed by atoms with E-state index < -0.39 is 18.4 Å². The number of halogens is 1. The lowest BCUT2D eigenvalue weighted by Crippen LogP contribution is -2.13. The number of rotatable bonds is 5. The molecule has 0 bridgehead atoms. The summed E-state index contributed by atoms with van der Waals surface area (Å²) < 4.78 is 13.4. The van der Waals surface area contributed by atoms with Crippen molar-refractivity contribution in [2.75, 3.05) is 12.1 Å². The largest absolute Gasteiger partial charge is 0.479 e. The summed E-state index contributed by atoms with van der Waals surface area (Å²) in [5.41, 5.74) is 2.35. The number of carboxylic acids is 1. The van der Waals surface area contributed by atoms with Crippen LogP contribution in [0.15, 0.2) is 6.33 Å². The van der Waals surface area contributed by atoms with Gasteiger partial charge in [0.1, 0.15) is 6.33 Å². The molecule has 0 amide bonds. The van der Waals surface area contributed by atoms with Crippen LogP contribution in [0.3, 0.4) is 0 Å². The van der Waals surface area contributed by atoms with E-state index in [9.17, 15) is 9.18 Å². The summed E-state index contributed by atoms with van der Waals surface area (Å²) in [5, 5.41) is 8.27. The van der Waals surface area contributed by atoms with E-state index in [0.717, 1.165) is 0 Å². The molecule has 0 fully saturated rings. The van der Waals surface area contributed by atoms with Gasteiger partial charge in [-0.3, -0.25) is 4.84 Å². The van der Waals surface area contributed by atoms with Gasteiger partial charge in [-0.05, 0) is 6.42 Å². The minimum Gasteiger partial charge on any atom is -0.479 e. The average Bonchev–Trinajstić information content (AvgIpc) is 2.20. The number of hydrogen-bond acceptors (Lipinski definition) is 5. The van der Waals surface area contributed by atoms with Gasteiger partial charge in [-0.15, -0.1) is 0 Å². The van der Waals surface area contributed by atoms with E-state index in [1.165, 1.54) is 6.33 Å². The molecule has 0 aliphatic heterocycles. The smallest absolute Gasteiger partial charge is 0.332 e. The number of carbonyl (C=O) groups is 1. The van der Waals surface area contributed by atoms with Gasteiger partial charge in [0.15, 0.2) is 18.2 Å². The molecule has 82 valence electrons. The maximum Gasteiger partial charge on any atom is 0.332 e. The quantitative estimate of drug-likeness (QED) is 0.700. The van der Waals surface area contributed by atoms with Gasteiger partial charge in [0.2, 0.25) is 0 Å². The summed E-state index contributed by atoms with van der Waals surface area (Å²) >= 11 is 0. The number of carboxylic acid groups (broad SMARTS) is 1. The molecule has 0 radical (unpaired) electrons. The van der Waals surface area contributed by atoms with Gasteiger partial charge < -0.3 is 5.11 Å². The number of nitrogens with one attached hydrogen (secondary N) is 1. The predicted octanol–water partition coefficient (Wildman–Crippen LogP) is 0.606. The Morgan fingerprint density at radius 3 is 3.00 bits per heavy atom. The number of nitrogens with zero attached hydrogens (tertiary/aromatic N) is 2. The van der Waals surface area contributed by atoms with E-state index in [1.807, 2.05) is 0 Å². The first-order valence-electron chi connectivity index (χ1n) is 4.24. The fourth-order valence-corrected chi connectivity index (χ4v) is 0.890. The second-order valence-electron chi connectivity index (χ2n) is 2.62. The second-order valence-corrected chi connectivity index (χ2v) is 2.62. The Bertz CT molecular complexity index is 359. The van der Waals surface area contributed by atoms with Crippen LogP contribution in [-0.2, 0) is 16.1 Å². The molecule has 0 spiro atoms. The fraction of sp³-hybridized carbons (Fsp3) is 0.375. The molecule has 7 heteroatoms. The Hall–Kier alpha value is -1.76. The Kier molecular flexibility index (Phi) is 3.92. The summed E-state index contributed by atoms with van der Waals surface area (Å²) in [6.07, 6.45) is 1.59. The molecule has 1 heterocycles. The molecule has 6 nitrogen and oxygen atoms in total. The Labute approximate surface area is 85.1 Å². The van der Waals surface area contributed by atoms with Gasteiger partial charge in [0.05, 0.1) is 5.69 Å². The highest BCUT2D eigenvalue weighted by molar-refractivity contribution is 5.68. The normalized spacial score (nSPS) is 10.0. The summed E-state index contributed by atoms with van der Waals surface area (Å²) in [7, 11) is 0. The molecular weight excluding hydrogens is 205 g/mol. The van der Waals surface area contributed by atoms with Crippen molar-refractivity contribution in [2.24, 2.45) is 0 Å². The highest BCUT2D eigenvalue weighted by atomic mass is 19.1. The molecule has 0 saturated carbocycles. The van der Waals surface area contributed by atoms with Crippen molar-refractivity contribution >= 4 is 11.8 Å². The summed E-state index contributed by atoms with van der Waals surface area (Å²) in [5.74, 6) is -1.96. The van der Waals surface area contributed by atoms with E-state index in [2.05, 4.69) is 20.3 Å². The Balaban J connectivity index is 2.64. The molecule has 2 N–H and O–H groups in total. The van der Waals surface area contributed by atoms with Crippen molar-refractivity contribution < 1.29 is 19.1 Å². The maximum atomic E-state index is 13.4. The zero-order chi connectivity index (χ0) is 11.3. The topological polar surface area (TPSA) is 84.3 Å². The summed E-state index contributed by atoms with van der Waals surface area (Å²) in [6, 6.07) is 0. The number of anilines is 1. The Morgan fingerprint density at radius 1 is 1.67 bits per heavy atom. The Morgan fingerprint density at radius 2 is 2.40 bits per heavy atom. The highest BCUT2D eigenvalue weighted by Crippen LogP contribution is 2.12. The van der Waals surface area contributed by atoms with Gasteiger partial charge in [0.25, 0.3) is 0 Å². The molecule has 0 unspecified atom stereocenters. The minimum absolute atomic E-state index is 0.164. The third-order valence-corrected chi connectivity index (χ3v) is 1.56.